The number of allylic oxidation sites excluding steroid dienone is 12. The molecule has 2 amide bonds. The second-order valence-electron chi connectivity index (χ2n) is 44.4. The molecule has 0 radical (unpaired) electrons. The predicted octanol–water partition coefficient (Wildman–Crippen LogP) is 15.9. The van der Waals surface area contributed by atoms with Crippen LogP contribution in [0, 0.1) is 82.9 Å². The first-order valence-electron chi connectivity index (χ1n) is 54.6. The molecule has 818 valence electrons. The van der Waals surface area contributed by atoms with Crippen LogP contribution < -0.4 is 0 Å². The molecule has 10 aliphatic rings. The molecule has 6 saturated heterocycles. The number of nitrogens with zero attached hydrogens (tertiary/aromatic N) is 2. The van der Waals surface area contributed by atoms with E-state index in [1.807, 2.05) is 76.3 Å². The van der Waals surface area contributed by atoms with Crippen LogP contribution in [0.4, 0.5) is 0 Å². The van der Waals surface area contributed by atoms with Gasteiger partial charge in [0.2, 0.25) is 11.6 Å². The minimum Gasteiger partial charge on any atom is -0.460 e. The van der Waals surface area contributed by atoms with E-state index in [1.54, 1.807) is 82.1 Å². The summed E-state index contributed by atoms with van der Waals surface area (Å²) in [7, 11) is 6.32. The van der Waals surface area contributed by atoms with Crippen molar-refractivity contribution >= 4 is 46.9 Å². The Kier molecular flexibility index (Phi) is 50.3. The van der Waals surface area contributed by atoms with Gasteiger partial charge in [0, 0.05) is 131 Å². The molecule has 8 fully saturated rings. The quantitative estimate of drug-likeness (QED) is 0.0353. The Morgan fingerprint density at radius 2 is 0.862 bits per heavy atom. The van der Waals surface area contributed by atoms with Crippen molar-refractivity contribution in [2.45, 2.75) is 386 Å². The number of hydrogen-bond donors (Lipinski definition) is 6. The number of aliphatic hydroxyl groups excluding tert-OH is 4. The Labute approximate surface area is 865 Å². The summed E-state index contributed by atoms with van der Waals surface area (Å²) in [6, 6.07) is -2.26. The van der Waals surface area contributed by atoms with E-state index in [0.29, 0.717) is 152 Å². The highest BCUT2D eigenvalue weighted by molar-refractivity contribution is 6.39. The van der Waals surface area contributed by atoms with Crippen LogP contribution in [-0.2, 0) is 99.9 Å². The zero-order valence-electron chi connectivity index (χ0n) is 90.7. The number of ether oxygens (including phenoxy) is 13. The zero-order chi connectivity index (χ0) is 106. The number of hydrogen-bond acceptors (Lipinski definition) is 27. The van der Waals surface area contributed by atoms with Crippen molar-refractivity contribution in [1.82, 2.24) is 9.80 Å². The highest BCUT2D eigenvalue weighted by Gasteiger charge is 2.56. The van der Waals surface area contributed by atoms with Crippen molar-refractivity contribution < 1.29 is 131 Å². The van der Waals surface area contributed by atoms with Crippen LogP contribution in [0.5, 0.6) is 0 Å². The van der Waals surface area contributed by atoms with E-state index >= 15 is 0 Å². The van der Waals surface area contributed by atoms with Crippen LogP contribution in [0.1, 0.15) is 277 Å². The van der Waals surface area contributed by atoms with Crippen molar-refractivity contribution in [3.05, 3.63) is 120 Å². The van der Waals surface area contributed by atoms with Crippen LogP contribution >= 0.6 is 0 Å². The molecule has 8 heterocycles. The third-order valence-electron chi connectivity index (χ3n) is 33.0. The predicted molar refractivity (Wildman–Crippen MR) is 554 cm³/mol. The van der Waals surface area contributed by atoms with Crippen LogP contribution in [0.15, 0.2) is 120 Å². The Hall–Kier alpha value is -6.72. The van der Waals surface area contributed by atoms with Gasteiger partial charge in [-0.25, -0.2) is 9.59 Å². The summed E-state index contributed by atoms with van der Waals surface area (Å²) < 4.78 is 78.7. The Morgan fingerprint density at radius 1 is 0.448 bits per heavy atom. The first kappa shape index (κ1) is 122. The molecule has 0 aromatic carbocycles. The summed E-state index contributed by atoms with van der Waals surface area (Å²) in [5.41, 5.74) is 4.46. The fraction of sp³-hybridized carbons (Fsp3) is 0.759. The molecule has 0 spiro atoms. The molecule has 29 nitrogen and oxygen atoms in total. The molecular formula is C116H182N2O27. The molecular weight excluding hydrogens is 1850 g/mol. The van der Waals surface area contributed by atoms with Gasteiger partial charge in [-0.2, -0.15) is 0 Å². The first-order valence-corrected chi connectivity index (χ1v) is 54.6. The average Bonchev–Trinajstić information content (AvgIpc) is 1.10. The molecule has 2 saturated carbocycles. The standard InChI is InChI=1S/C59H93NO14.C57H89NO13/c1-37-16-12-11-13-17-38(2)51(71-28-24-45-23-27-70-36-45)34-47-21-19-43(7)59(67,74-47)56(64)57(65)60-25-15-14-18-48(60)58(66)73-52(41(5)32-46-20-22-50(72-29-26-61)53(33-46)68-9)35-49(62)40(4)31-42(6)54(63)55(69-10)44(8)39(3)30-37;1-35-16-12-11-13-17-36(2)49(69-27-24-43-23-26-68-34-43)32-45-21-19-41(7)57(65,71-45)54(62)55(63)58-25-15-14-18-46(58)56(64)70-50(39(5)30-44-20-22-47(59)51(31-44)66-9)33-48(60)38(4)29-40(6)52(61)53(67-10)42(8)37(3)28-35/h11-13,16-17,31,37,39-41,43,45-48,50-55,61,63,67H,8,14-15,18-30,32-36H2,1-7,9-10H3;11-13,16-17,29,35,37-39,41,43-47,49-53,59,61,65H,8,14-15,18-28,30-34H2,1-7,9-10H3/b13-11+,16-12+,38-17+,42-31+;13-11+,16-12+,36-17+,40-29+/t37-,39?,40?,41?,43?,45?,46?,47?,48?,50?,51?,52?,53?,54?,55?,59?;/m1./s1. The van der Waals surface area contributed by atoms with Gasteiger partial charge in [0.25, 0.3) is 23.4 Å². The topological polar surface area (TPSA) is 384 Å². The van der Waals surface area contributed by atoms with Crippen LogP contribution in [-0.4, -0.2) is 291 Å². The largest absolute Gasteiger partial charge is 0.460 e. The van der Waals surface area contributed by atoms with Gasteiger partial charge >= 0.3 is 11.9 Å². The fourth-order valence-corrected chi connectivity index (χ4v) is 23.1. The molecule has 145 heavy (non-hydrogen) atoms. The van der Waals surface area contributed by atoms with Crippen LogP contribution in [0.3, 0.4) is 0 Å². The number of ketones is 4. The minimum atomic E-state index is -2.44. The van der Waals surface area contributed by atoms with E-state index < -0.39 is 150 Å². The van der Waals surface area contributed by atoms with E-state index in [2.05, 4.69) is 53.0 Å². The summed E-state index contributed by atoms with van der Waals surface area (Å²) in [6.45, 7) is 39.7. The van der Waals surface area contributed by atoms with Gasteiger partial charge in [0.05, 0.1) is 62.0 Å². The normalized spacial score (nSPS) is 39.6. The summed E-state index contributed by atoms with van der Waals surface area (Å²) in [5, 5.41) is 67.7. The number of esters is 2. The lowest BCUT2D eigenvalue weighted by Crippen LogP contribution is -2.61. The number of carbonyl (C=O) groups is 8. The van der Waals surface area contributed by atoms with Crippen molar-refractivity contribution in [1.29, 1.82) is 0 Å². The lowest BCUT2D eigenvalue weighted by molar-refractivity contribution is -0.266. The lowest BCUT2D eigenvalue weighted by Gasteiger charge is -2.43. The molecule has 4 bridgehead atoms. The molecule has 32 atom stereocenters. The molecule has 31 unspecified atom stereocenters. The molecule has 8 aliphatic heterocycles. The maximum Gasteiger partial charge on any atom is 0.329 e. The number of fused-ring (bicyclic) bond motifs is 6. The van der Waals surface area contributed by atoms with E-state index in [1.165, 1.54) is 9.80 Å². The van der Waals surface area contributed by atoms with E-state index in [4.69, 9.17) is 61.6 Å². The number of Topliss-reactive ketones (excluding diaryl/α,β-unsaturated/α-hetero) is 4. The van der Waals surface area contributed by atoms with Gasteiger partial charge in [-0.3, -0.25) is 28.8 Å². The number of rotatable bonds is 21. The highest BCUT2D eigenvalue weighted by Crippen LogP contribution is 2.43. The smallest absolute Gasteiger partial charge is 0.329 e. The monoisotopic (exact) mass is 2040 g/mol. The van der Waals surface area contributed by atoms with Gasteiger partial charge < -0.3 is 102 Å². The maximum absolute atomic E-state index is 14.6. The number of amides is 2. The summed E-state index contributed by atoms with van der Waals surface area (Å²) in [6.07, 6.45) is 30.5. The van der Waals surface area contributed by atoms with Gasteiger partial charge in [-0.1, -0.05) is 155 Å². The third kappa shape index (κ3) is 35.2. The van der Waals surface area contributed by atoms with Crippen LogP contribution in [0.25, 0.3) is 0 Å². The third-order valence-corrected chi connectivity index (χ3v) is 33.0. The molecule has 0 aromatic rings. The second-order valence-corrected chi connectivity index (χ2v) is 44.4. The molecule has 6 N–H and O–H groups in total. The number of aliphatic hydroxyl groups is 6. The van der Waals surface area contributed by atoms with E-state index in [9.17, 15) is 69.0 Å². The average molecular weight is 2040 g/mol. The second kappa shape index (κ2) is 59.9. The zero-order valence-corrected chi connectivity index (χ0v) is 90.7. The maximum atomic E-state index is 14.6. The van der Waals surface area contributed by atoms with Crippen molar-refractivity contribution in [3.63, 3.8) is 0 Å². The van der Waals surface area contributed by atoms with Gasteiger partial charge in [-0.05, 0) is 274 Å². The van der Waals surface area contributed by atoms with Gasteiger partial charge in [0.15, 0.2) is 0 Å². The molecule has 29 heteroatoms. The van der Waals surface area contributed by atoms with E-state index in [0.717, 1.165) is 86.9 Å². The van der Waals surface area contributed by atoms with E-state index in [-0.39, 0.29) is 129 Å². The Morgan fingerprint density at radius 3 is 1.26 bits per heavy atom. The fourth-order valence-electron chi connectivity index (χ4n) is 23.1. The van der Waals surface area contributed by atoms with Gasteiger partial charge in [-0.15, -0.1) is 0 Å². The number of carbonyl (C=O) groups excluding carboxylic acids is 8. The SMILES string of the molecule is C=C1C(C)CC(C)/C=C/C=C/C=C(\C)C(OCCC2CCOC2)CC2CCC(C)C(O)(O2)C(=O)C(=O)N2CCCCC2C(=O)OC(C(C)CC2CCC(O)C(OC)C2)CC(=O)C(C)/C=C(\C)C(O)C1OC.C=C1C(C)C[C@H](C)/C=C/C=C/C=C(\C)C(OCCC2CCOC2)CC2CCC(C)C(O)(O2)C(=O)C(=O)N2CCCCC2C(=O)OC(C(C)CC2CCC(OCCO)C(OC)C2)CC(=O)C(C)/C=C(\C)C(O)C1OC. The summed E-state index contributed by atoms with van der Waals surface area (Å²) >= 11 is 0. The van der Waals surface area contributed by atoms with Crippen LogP contribution in [0.2, 0.25) is 0 Å². The van der Waals surface area contributed by atoms with Crippen molar-refractivity contribution in [3.8, 4) is 0 Å². The van der Waals surface area contributed by atoms with Crippen molar-refractivity contribution in [2.24, 2.45) is 82.9 Å². The van der Waals surface area contributed by atoms with Crippen molar-refractivity contribution in [2.75, 3.05) is 94.4 Å². The number of methoxy groups -OCH3 is 4. The Balaban J connectivity index is 0.000000323. The molecule has 2 aliphatic carbocycles. The number of piperidine rings is 2. The summed E-state index contributed by atoms with van der Waals surface area (Å²) in [4.78, 5) is 118. The number of cyclic esters (lactones) is 2. The molecule has 10 rings (SSSR count). The Bertz CT molecular complexity index is 4400. The first-order chi connectivity index (χ1) is 69.1. The summed E-state index contributed by atoms with van der Waals surface area (Å²) in [5.74, 6) is -12.9. The molecule has 0 aromatic heterocycles. The highest BCUT2D eigenvalue weighted by atomic mass is 16.6. The minimum absolute atomic E-state index is 0.00572. The van der Waals surface area contributed by atoms with Gasteiger partial charge in [0.1, 0.15) is 60.3 Å². The lowest BCUT2D eigenvalue weighted by atomic mass is 9.78.